The molecule has 3 aromatic heterocycles. The monoisotopic (exact) mass is 384 g/mol. The number of ether oxygens (including phenoxy) is 2. The van der Waals surface area contributed by atoms with E-state index in [4.69, 9.17) is 20.5 Å². The molecule has 0 aliphatic carbocycles. The Morgan fingerprint density at radius 3 is 2.64 bits per heavy atom. The highest BCUT2D eigenvalue weighted by Crippen LogP contribution is 2.37. The zero-order chi connectivity index (χ0) is 19.8. The summed E-state index contributed by atoms with van der Waals surface area (Å²) in [5.74, 6) is 1.46. The summed E-state index contributed by atoms with van der Waals surface area (Å²) in [5, 5.41) is 18.7. The molecule has 10 nitrogen and oxygen atoms in total. The maximum Gasteiger partial charge on any atom is 0.228 e. The van der Waals surface area contributed by atoms with Crippen molar-refractivity contribution < 1.29 is 13.9 Å². The first-order valence-corrected chi connectivity index (χ1v) is 8.29. The highest BCUT2D eigenvalue weighted by molar-refractivity contribution is 5.75. The van der Waals surface area contributed by atoms with Gasteiger partial charge in [-0.15, -0.1) is 0 Å². The molecule has 3 aromatic rings. The van der Waals surface area contributed by atoms with Gasteiger partial charge in [-0.2, -0.15) is 10.4 Å². The van der Waals surface area contributed by atoms with Crippen LogP contribution in [0.5, 0.6) is 11.5 Å². The molecule has 0 aliphatic rings. The topological polar surface area (TPSA) is 148 Å². The molecular formula is C17H17FN8O2. The lowest BCUT2D eigenvalue weighted by atomic mass is 10.1. The molecule has 0 aromatic carbocycles. The minimum absolute atomic E-state index is 0.206. The SMILES string of the molecule is N#Cc1cnc(Nc2cc(-c3c(OCF)cncc3OCCCN)[nH]n2)cn1. The van der Waals surface area contributed by atoms with Crippen LogP contribution in [0.15, 0.2) is 30.9 Å². The van der Waals surface area contributed by atoms with E-state index in [0.717, 1.165) is 0 Å². The first kappa shape index (κ1) is 19.0. The molecule has 0 bridgehead atoms. The average molecular weight is 384 g/mol. The van der Waals surface area contributed by atoms with Gasteiger partial charge in [0.25, 0.3) is 0 Å². The quantitative estimate of drug-likeness (QED) is 0.470. The summed E-state index contributed by atoms with van der Waals surface area (Å²) in [4.78, 5) is 12.0. The van der Waals surface area contributed by atoms with Crippen LogP contribution in [0.3, 0.4) is 0 Å². The molecule has 0 radical (unpaired) electrons. The van der Waals surface area contributed by atoms with Gasteiger partial charge < -0.3 is 20.5 Å². The third kappa shape index (κ3) is 4.49. The second kappa shape index (κ2) is 9.24. The Hall–Kier alpha value is -3.78. The molecule has 0 amide bonds. The van der Waals surface area contributed by atoms with E-state index in [-0.39, 0.29) is 11.4 Å². The minimum atomic E-state index is -1.01. The zero-order valence-electron chi connectivity index (χ0n) is 14.7. The number of hydrogen-bond donors (Lipinski definition) is 3. The number of aromatic nitrogens is 5. The fourth-order valence-electron chi connectivity index (χ4n) is 2.33. The van der Waals surface area contributed by atoms with Crippen LogP contribution < -0.4 is 20.5 Å². The smallest absolute Gasteiger partial charge is 0.228 e. The molecule has 3 heterocycles. The second-order valence-corrected chi connectivity index (χ2v) is 5.45. The van der Waals surface area contributed by atoms with Gasteiger partial charge in [0.05, 0.1) is 42.7 Å². The van der Waals surface area contributed by atoms with Crippen LogP contribution in [-0.4, -0.2) is 45.2 Å². The number of aromatic amines is 1. The van der Waals surface area contributed by atoms with E-state index in [2.05, 4.69) is 30.5 Å². The zero-order valence-corrected chi connectivity index (χ0v) is 14.7. The minimum Gasteiger partial charge on any atom is -0.491 e. The van der Waals surface area contributed by atoms with Gasteiger partial charge in [-0.25, -0.2) is 14.4 Å². The molecular weight excluding hydrogens is 367 g/mol. The van der Waals surface area contributed by atoms with Gasteiger partial charge in [0, 0.05) is 6.07 Å². The molecule has 144 valence electrons. The first-order chi connectivity index (χ1) is 13.7. The number of anilines is 2. The number of nitrogens with one attached hydrogen (secondary N) is 2. The van der Waals surface area contributed by atoms with Crippen LogP contribution in [0.4, 0.5) is 16.0 Å². The van der Waals surface area contributed by atoms with Crippen LogP contribution in [0, 0.1) is 11.3 Å². The molecule has 0 unspecified atom stereocenters. The highest BCUT2D eigenvalue weighted by atomic mass is 19.1. The van der Waals surface area contributed by atoms with Gasteiger partial charge in [-0.3, -0.25) is 10.1 Å². The molecule has 0 aliphatic heterocycles. The number of nitrogens with two attached hydrogens (primary N) is 1. The van der Waals surface area contributed by atoms with Gasteiger partial charge in [0.15, 0.2) is 23.0 Å². The number of nitriles is 1. The van der Waals surface area contributed by atoms with Gasteiger partial charge >= 0.3 is 0 Å². The van der Waals surface area contributed by atoms with Gasteiger partial charge in [0.2, 0.25) is 6.86 Å². The lowest BCUT2D eigenvalue weighted by Crippen LogP contribution is -2.07. The van der Waals surface area contributed by atoms with E-state index in [1.807, 2.05) is 6.07 Å². The Kier molecular flexibility index (Phi) is 6.27. The number of pyridine rings is 1. The first-order valence-electron chi connectivity index (χ1n) is 8.29. The summed E-state index contributed by atoms with van der Waals surface area (Å²) in [6.07, 6.45) is 6.32. The summed E-state index contributed by atoms with van der Waals surface area (Å²) in [5.41, 5.74) is 6.71. The van der Waals surface area contributed by atoms with E-state index in [1.165, 1.54) is 24.8 Å². The van der Waals surface area contributed by atoms with Crippen molar-refractivity contribution in [2.75, 3.05) is 25.3 Å². The number of alkyl halides is 1. The lowest BCUT2D eigenvalue weighted by molar-refractivity contribution is 0.191. The van der Waals surface area contributed by atoms with Crippen LogP contribution in [-0.2, 0) is 0 Å². The van der Waals surface area contributed by atoms with E-state index in [0.29, 0.717) is 48.2 Å². The highest BCUT2D eigenvalue weighted by Gasteiger charge is 2.17. The van der Waals surface area contributed by atoms with Crippen molar-refractivity contribution in [3.05, 3.63) is 36.5 Å². The van der Waals surface area contributed by atoms with Crippen molar-refractivity contribution in [2.24, 2.45) is 5.73 Å². The van der Waals surface area contributed by atoms with E-state index < -0.39 is 6.86 Å². The van der Waals surface area contributed by atoms with Crippen molar-refractivity contribution in [2.45, 2.75) is 6.42 Å². The Morgan fingerprint density at radius 2 is 1.96 bits per heavy atom. The fraction of sp³-hybridized carbons (Fsp3) is 0.235. The normalized spacial score (nSPS) is 10.3. The van der Waals surface area contributed by atoms with E-state index >= 15 is 0 Å². The lowest BCUT2D eigenvalue weighted by Gasteiger charge is -2.13. The number of rotatable bonds is 9. The average Bonchev–Trinajstić information content (AvgIpc) is 3.17. The van der Waals surface area contributed by atoms with Crippen molar-refractivity contribution in [1.82, 2.24) is 25.1 Å². The molecule has 0 saturated heterocycles. The van der Waals surface area contributed by atoms with Crippen LogP contribution in [0.2, 0.25) is 0 Å². The van der Waals surface area contributed by atoms with Gasteiger partial charge in [-0.05, 0) is 13.0 Å². The Balaban J connectivity index is 1.86. The molecule has 0 atom stereocenters. The van der Waals surface area contributed by atoms with Crippen LogP contribution in [0.25, 0.3) is 11.3 Å². The Bertz CT molecular complexity index is 955. The molecule has 3 rings (SSSR count). The fourth-order valence-corrected chi connectivity index (χ4v) is 2.33. The van der Waals surface area contributed by atoms with Gasteiger partial charge in [0.1, 0.15) is 11.9 Å². The largest absolute Gasteiger partial charge is 0.491 e. The summed E-state index contributed by atoms with van der Waals surface area (Å²) in [6, 6.07) is 3.57. The number of halogens is 1. The van der Waals surface area contributed by atoms with Crippen molar-refractivity contribution in [1.29, 1.82) is 5.26 Å². The summed E-state index contributed by atoms with van der Waals surface area (Å²) in [6.45, 7) is -0.154. The van der Waals surface area contributed by atoms with Crippen molar-refractivity contribution in [3.8, 4) is 28.8 Å². The van der Waals surface area contributed by atoms with Crippen LogP contribution >= 0.6 is 0 Å². The van der Waals surface area contributed by atoms with Crippen molar-refractivity contribution in [3.63, 3.8) is 0 Å². The number of H-pyrrole nitrogens is 1. The van der Waals surface area contributed by atoms with E-state index in [9.17, 15) is 4.39 Å². The Morgan fingerprint density at radius 1 is 1.14 bits per heavy atom. The predicted octanol–water partition coefficient (Wildman–Crippen LogP) is 1.91. The standard InChI is InChI=1S/C17H17FN8O2/c18-10-28-14-8-21-7-13(27-3-1-2-19)17(14)12-4-15(26-25-12)24-16-9-22-11(5-20)6-23-16/h4,6-9H,1-3,10,19H2,(H2,23,24,25,26). The van der Waals surface area contributed by atoms with E-state index in [1.54, 1.807) is 6.07 Å². The summed E-state index contributed by atoms with van der Waals surface area (Å²) < 4.78 is 23.5. The van der Waals surface area contributed by atoms with Crippen molar-refractivity contribution >= 4 is 11.6 Å². The maximum absolute atomic E-state index is 12.8. The molecule has 11 heteroatoms. The molecule has 0 spiro atoms. The Labute approximate surface area is 159 Å². The second-order valence-electron chi connectivity index (χ2n) is 5.45. The molecule has 0 saturated carbocycles. The van der Waals surface area contributed by atoms with Crippen LogP contribution in [0.1, 0.15) is 12.1 Å². The predicted molar refractivity (Wildman–Crippen MR) is 97.6 cm³/mol. The molecule has 28 heavy (non-hydrogen) atoms. The summed E-state index contributed by atoms with van der Waals surface area (Å²) in [7, 11) is 0. The number of nitrogens with zero attached hydrogens (tertiary/aromatic N) is 5. The summed E-state index contributed by atoms with van der Waals surface area (Å²) >= 11 is 0. The van der Waals surface area contributed by atoms with Gasteiger partial charge in [-0.1, -0.05) is 0 Å². The number of hydrogen-bond acceptors (Lipinski definition) is 9. The third-order valence-corrected chi connectivity index (χ3v) is 3.56. The molecule has 4 N–H and O–H groups in total. The molecule has 0 fully saturated rings. The third-order valence-electron chi connectivity index (χ3n) is 3.56. The maximum atomic E-state index is 12.8.